The van der Waals surface area contributed by atoms with Crippen LogP contribution in [-0.2, 0) is 0 Å². The molecule has 2 aromatic rings. The molecule has 0 aliphatic heterocycles. The fourth-order valence-electron chi connectivity index (χ4n) is 6.10. The molecular weight excluding hydrogens is 642 g/mol. The molecule has 0 aliphatic carbocycles. The molecule has 0 spiro atoms. The second-order valence-corrected chi connectivity index (χ2v) is 13.9. The maximum atomic E-state index is 13.4. The first-order valence-electron chi connectivity index (χ1n) is 20.5. The molecule has 0 bridgehead atoms. The summed E-state index contributed by atoms with van der Waals surface area (Å²) in [6.07, 6.45) is 28.8. The van der Waals surface area contributed by atoms with E-state index in [1.807, 2.05) is 0 Å². The standard InChI is InChI=1S/C43H69NO7/c1-4-7-10-13-16-19-22-25-32-48-40-35-37(43(45)51-39-30-28-38(29-31-39)44(46)47)36-41(49-33-26-23-20-17-14-11-8-5-2)42(40)50-34-27-24-21-18-15-12-9-6-3/h28-31,35-36H,4-27,32-34H2,1-3H3. The molecule has 0 aliphatic rings. The molecule has 8 heteroatoms. The van der Waals surface area contributed by atoms with Crippen molar-refractivity contribution in [2.24, 2.45) is 0 Å². The minimum atomic E-state index is -0.590. The van der Waals surface area contributed by atoms with Crippen LogP contribution in [0.15, 0.2) is 36.4 Å². The van der Waals surface area contributed by atoms with Crippen molar-refractivity contribution in [1.82, 2.24) is 0 Å². The number of rotatable bonds is 33. The van der Waals surface area contributed by atoms with Gasteiger partial charge in [0.15, 0.2) is 11.5 Å². The number of esters is 1. The SMILES string of the molecule is CCCCCCCCCCOc1cc(C(=O)Oc2ccc([N+](=O)[O-])cc2)cc(OCCCCCCCCCC)c1OCCCCCCCCCC. The summed E-state index contributed by atoms with van der Waals surface area (Å²) in [6.45, 7) is 8.30. The molecule has 2 rings (SSSR count). The monoisotopic (exact) mass is 712 g/mol. The Morgan fingerprint density at radius 1 is 0.529 bits per heavy atom. The van der Waals surface area contributed by atoms with E-state index in [-0.39, 0.29) is 17.0 Å². The Hall–Kier alpha value is -3.29. The predicted molar refractivity (Wildman–Crippen MR) is 209 cm³/mol. The molecule has 0 heterocycles. The first kappa shape index (κ1) is 43.9. The molecule has 2 aromatic carbocycles. The second-order valence-electron chi connectivity index (χ2n) is 13.9. The maximum Gasteiger partial charge on any atom is 0.343 e. The van der Waals surface area contributed by atoms with Crippen LogP contribution in [-0.4, -0.2) is 30.7 Å². The van der Waals surface area contributed by atoms with E-state index in [1.54, 1.807) is 12.1 Å². The van der Waals surface area contributed by atoms with Crippen LogP contribution < -0.4 is 18.9 Å². The van der Waals surface area contributed by atoms with Gasteiger partial charge in [0.2, 0.25) is 5.75 Å². The van der Waals surface area contributed by atoms with Gasteiger partial charge in [-0.15, -0.1) is 0 Å². The van der Waals surface area contributed by atoms with Crippen LogP contribution in [0.5, 0.6) is 23.0 Å². The summed E-state index contributed by atoms with van der Waals surface area (Å²) in [7, 11) is 0. The minimum Gasteiger partial charge on any atom is -0.490 e. The number of unbranched alkanes of at least 4 members (excludes halogenated alkanes) is 21. The van der Waals surface area contributed by atoms with E-state index in [4.69, 9.17) is 18.9 Å². The Bertz CT molecular complexity index is 1140. The van der Waals surface area contributed by atoms with E-state index in [0.717, 1.165) is 38.5 Å². The number of benzene rings is 2. The normalized spacial score (nSPS) is 11.0. The van der Waals surface area contributed by atoms with Gasteiger partial charge in [-0.05, 0) is 43.5 Å². The summed E-state index contributed by atoms with van der Waals surface area (Å²) < 4.78 is 24.7. The quantitative estimate of drug-likeness (QED) is 0.0239. The van der Waals surface area contributed by atoms with Crippen LogP contribution in [0.2, 0.25) is 0 Å². The number of carbonyl (C=O) groups excluding carboxylic acids is 1. The van der Waals surface area contributed by atoms with Gasteiger partial charge in [-0.3, -0.25) is 10.1 Å². The molecule has 0 unspecified atom stereocenters. The summed E-state index contributed by atoms with van der Waals surface area (Å²) in [5, 5.41) is 11.1. The van der Waals surface area contributed by atoms with Crippen LogP contribution in [0.1, 0.15) is 185 Å². The van der Waals surface area contributed by atoms with Crippen LogP contribution >= 0.6 is 0 Å². The number of non-ortho nitro benzene ring substituents is 1. The summed E-state index contributed by atoms with van der Waals surface area (Å²) in [6, 6.07) is 8.87. The zero-order valence-corrected chi connectivity index (χ0v) is 32.4. The summed E-state index contributed by atoms with van der Waals surface area (Å²) in [5.74, 6) is 1.16. The Balaban J connectivity index is 2.16. The van der Waals surface area contributed by atoms with Gasteiger partial charge in [-0.2, -0.15) is 0 Å². The second kappa shape index (κ2) is 29.3. The van der Waals surface area contributed by atoms with Gasteiger partial charge < -0.3 is 18.9 Å². The average Bonchev–Trinajstić information content (AvgIpc) is 3.13. The highest BCUT2D eigenvalue weighted by Gasteiger charge is 2.21. The van der Waals surface area contributed by atoms with E-state index in [9.17, 15) is 14.9 Å². The molecule has 0 N–H and O–H groups in total. The molecule has 0 radical (unpaired) electrons. The van der Waals surface area contributed by atoms with Gasteiger partial charge in [0.1, 0.15) is 5.75 Å². The molecule has 0 saturated carbocycles. The van der Waals surface area contributed by atoms with Crippen molar-refractivity contribution in [3.63, 3.8) is 0 Å². The Labute approximate surface area is 309 Å². The largest absolute Gasteiger partial charge is 0.490 e. The average molecular weight is 712 g/mol. The fourth-order valence-corrected chi connectivity index (χ4v) is 6.10. The molecule has 0 saturated heterocycles. The fraction of sp³-hybridized carbons (Fsp3) is 0.698. The zero-order valence-electron chi connectivity index (χ0n) is 32.4. The van der Waals surface area contributed by atoms with Crippen molar-refractivity contribution < 1.29 is 28.7 Å². The number of nitro groups is 1. The van der Waals surface area contributed by atoms with Crippen LogP contribution in [0.4, 0.5) is 5.69 Å². The smallest absolute Gasteiger partial charge is 0.343 e. The zero-order chi connectivity index (χ0) is 36.8. The third kappa shape index (κ3) is 20.4. The number of hydrogen-bond acceptors (Lipinski definition) is 7. The molecule has 0 aromatic heterocycles. The third-order valence-electron chi connectivity index (χ3n) is 9.27. The first-order valence-corrected chi connectivity index (χ1v) is 20.5. The lowest BCUT2D eigenvalue weighted by atomic mass is 10.1. The van der Waals surface area contributed by atoms with Crippen molar-refractivity contribution in [2.75, 3.05) is 19.8 Å². The van der Waals surface area contributed by atoms with Crippen LogP contribution in [0.3, 0.4) is 0 Å². The lowest BCUT2D eigenvalue weighted by Crippen LogP contribution is -2.12. The summed E-state index contributed by atoms with van der Waals surface area (Å²) in [4.78, 5) is 24.0. The van der Waals surface area contributed by atoms with Gasteiger partial charge in [0, 0.05) is 12.1 Å². The highest BCUT2D eigenvalue weighted by Crippen LogP contribution is 2.40. The molecule has 0 fully saturated rings. The molecule has 288 valence electrons. The van der Waals surface area contributed by atoms with Crippen LogP contribution in [0, 0.1) is 10.1 Å². The van der Waals surface area contributed by atoms with Gasteiger partial charge in [-0.25, -0.2) is 4.79 Å². The van der Waals surface area contributed by atoms with Crippen molar-refractivity contribution in [3.05, 3.63) is 52.1 Å². The van der Waals surface area contributed by atoms with Crippen molar-refractivity contribution in [1.29, 1.82) is 0 Å². The molecule has 51 heavy (non-hydrogen) atoms. The number of nitro benzene ring substituents is 1. The number of nitrogens with zero attached hydrogens (tertiary/aromatic N) is 1. The maximum absolute atomic E-state index is 13.4. The molecule has 8 nitrogen and oxygen atoms in total. The number of carbonyl (C=O) groups is 1. The highest BCUT2D eigenvalue weighted by atomic mass is 16.6. The molecule has 0 atom stereocenters. The van der Waals surface area contributed by atoms with Crippen molar-refractivity contribution in [3.8, 4) is 23.0 Å². The van der Waals surface area contributed by atoms with E-state index < -0.39 is 10.9 Å². The summed E-state index contributed by atoms with van der Waals surface area (Å²) >= 11 is 0. The Kier molecular flexibility index (Phi) is 25.2. The number of ether oxygens (including phenoxy) is 4. The Morgan fingerprint density at radius 3 is 1.25 bits per heavy atom. The van der Waals surface area contributed by atoms with Crippen molar-refractivity contribution >= 4 is 11.7 Å². The van der Waals surface area contributed by atoms with E-state index in [1.165, 1.54) is 140 Å². The van der Waals surface area contributed by atoms with E-state index in [2.05, 4.69) is 20.8 Å². The Morgan fingerprint density at radius 2 is 0.882 bits per heavy atom. The van der Waals surface area contributed by atoms with E-state index in [0.29, 0.717) is 37.1 Å². The van der Waals surface area contributed by atoms with Crippen LogP contribution in [0.25, 0.3) is 0 Å². The lowest BCUT2D eigenvalue weighted by molar-refractivity contribution is -0.384. The minimum absolute atomic E-state index is 0.0684. The molecular formula is C43H69NO7. The molecule has 0 amide bonds. The topological polar surface area (TPSA) is 97.1 Å². The summed E-state index contributed by atoms with van der Waals surface area (Å²) in [5.41, 5.74) is 0.214. The van der Waals surface area contributed by atoms with Crippen molar-refractivity contribution in [2.45, 2.75) is 175 Å². The van der Waals surface area contributed by atoms with Gasteiger partial charge in [0.05, 0.1) is 30.3 Å². The van der Waals surface area contributed by atoms with E-state index >= 15 is 0 Å². The predicted octanol–water partition coefficient (Wildman–Crippen LogP) is 13.4. The van der Waals surface area contributed by atoms with Gasteiger partial charge in [-0.1, -0.05) is 156 Å². The number of hydrogen-bond donors (Lipinski definition) is 0. The van der Waals surface area contributed by atoms with Gasteiger partial charge in [0.25, 0.3) is 5.69 Å². The van der Waals surface area contributed by atoms with Gasteiger partial charge >= 0.3 is 5.97 Å². The third-order valence-corrected chi connectivity index (χ3v) is 9.27. The first-order chi connectivity index (χ1) is 25.0. The highest BCUT2D eigenvalue weighted by molar-refractivity contribution is 5.92. The lowest BCUT2D eigenvalue weighted by Gasteiger charge is -2.19.